The van der Waals surface area contributed by atoms with Crippen LogP contribution in [0.2, 0.25) is 0 Å². The molecule has 1 aromatic carbocycles. The number of anilines is 2. The van der Waals surface area contributed by atoms with E-state index in [0.29, 0.717) is 35.3 Å². The molecule has 0 saturated heterocycles. The molecule has 2 unspecified atom stereocenters. The number of oxazole rings is 1. The van der Waals surface area contributed by atoms with Gasteiger partial charge in [0.1, 0.15) is 5.52 Å². The molecule has 0 radical (unpaired) electrons. The highest BCUT2D eigenvalue weighted by molar-refractivity contribution is 5.91. The summed E-state index contributed by atoms with van der Waals surface area (Å²) in [6, 6.07) is 5.66. The number of carbonyl (C=O) groups excluding carboxylic acids is 1. The molecular weight excluding hydrogens is 308 g/mol. The van der Waals surface area contributed by atoms with Crippen LogP contribution in [0.1, 0.15) is 25.7 Å². The molecule has 1 aliphatic rings. The van der Waals surface area contributed by atoms with Gasteiger partial charge in [-0.3, -0.25) is 0 Å². The maximum Gasteiger partial charge on any atom is 0.319 e. The van der Waals surface area contributed by atoms with Crippen molar-refractivity contribution in [3.05, 3.63) is 18.2 Å². The Labute approximate surface area is 141 Å². The van der Waals surface area contributed by atoms with Crippen molar-refractivity contribution in [1.82, 2.24) is 10.3 Å². The highest BCUT2D eigenvalue weighted by atomic mass is 16.4. The fraction of sp³-hybridized carbons (Fsp3) is 0.529. The van der Waals surface area contributed by atoms with Gasteiger partial charge in [-0.1, -0.05) is 6.42 Å². The van der Waals surface area contributed by atoms with Gasteiger partial charge < -0.3 is 25.1 Å². The van der Waals surface area contributed by atoms with Gasteiger partial charge in [0.25, 0.3) is 6.01 Å². The number of hydrogen-bond donors (Lipinski definition) is 3. The van der Waals surface area contributed by atoms with Crippen LogP contribution in [0.5, 0.6) is 0 Å². The first-order chi connectivity index (χ1) is 11.5. The summed E-state index contributed by atoms with van der Waals surface area (Å²) in [6.07, 6.45) is 3.48. The van der Waals surface area contributed by atoms with Gasteiger partial charge in [0.2, 0.25) is 0 Å². The molecule has 1 aliphatic carbocycles. The van der Waals surface area contributed by atoms with Gasteiger partial charge in [0, 0.05) is 26.3 Å². The predicted molar refractivity (Wildman–Crippen MR) is 93.3 cm³/mol. The van der Waals surface area contributed by atoms with E-state index in [1.54, 1.807) is 23.1 Å². The third-order valence-electron chi connectivity index (χ3n) is 4.32. The van der Waals surface area contributed by atoms with E-state index in [9.17, 15) is 9.90 Å². The Morgan fingerprint density at radius 2 is 2.25 bits per heavy atom. The molecule has 2 amide bonds. The fourth-order valence-electron chi connectivity index (χ4n) is 3.04. The highest BCUT2D eigenvalue weighted by Gasteiger charge is 2.20. The zero-order chi connectivity index (χ0) is 17.1. The molecule has 0 bridgehead atoms. The molecule has 7 nitrogen and oxygen atoms in total. The van der Waals surface area contributed by atoms with Gasteiger partial charge in [-0.25, -0.2) is 4.79 Å². The van der Waals surface area contributed by atoms with Crippen molar-refractivity contribution in [3.63, 3.8) is 0 Å². The Morgan fingerprint density at radius 3 is 3.00 bits per heavy atom. The number of aromatic nitrogens is 1. The van der Waals surface area contributed by atoms with Crippen molar-refractivity contribution in [2.45, 2.75) is 31.8 Å². The van der Waals surface area contributed by atoms with Crippen LogP contribution in [0.4, 0.5) is 16.5 Å². The Morgan fingerprint density at radius 1 is 1.42 bits per heavy atom. The number of aliphatic hydroxyl groups is 1. The summed E-state index contributed by atoms with van der Waals surface area (Å²) in [7, 11) is 3.72. The van der Waals surface area contributed by atoms with E-state index in [1.165, 1.54) is 0 Å². The Hall–Kier alpha value is -2.28. The lowest BCUT2D eigenvalue weighted by Gasteiger charge is -2.25. The maximum atomic E-state index is 12.0. The van der Waals surface area contributed by atoms with Gasteiger partial charge in [-0.15, -0.1) is 0 Å². The van der Waals surface area contributed by atoms with E-state index in [4.69, 9.17) is 4.42 Å². The topological polar surface area (TPSA) is 90.6 Å². The van der Waals surface area contributed by atoms with Crippen LogP contribution in [-0.2, 0) is 0 Å². The number of hydrogen-bond acceptors (Lipinski definition) is 5. The minimum Gasteiger partial charge on any atom is -0.423 e. The number of urea groups is 1. The summed E-state index contributed by atoms with van der Waals surface area (Å²) in [5.74, 6) is 0.347. The standard InChI is InChI=1S/C17H24N4O3/c1-21(2)17-20-14-9-12(6-7-15(14)24-17)19-16(23)18-10-11-4-3-5-13(22)8-11/h6-7,9,11,13,22H,3-5,8,10H2,1-2H3,(H2,18,19,23). The monoisotopic (exact) mass is 332 g/mol. The number of fused-ring (bicyclic) bond motifs is 1. The Kier molecular flexibility index (Phi) is 4.89. The molecule has 3 N–H and O–H groups in total. The smallest absolute Gasteiger partial charge is 0.319 e. The average Bonchev–Trinajstić information content (AvgIpc) is 2.97. The number of nitrogens with one attached hydrogen (secondary N) is 2. The molecular formula is C17H24N4O3. The van der Waals surface area contributed by atoms with Crippen LogP contribution in [0.3, 0.4) is 0 Å². The highest BCUT2D eigenvalue weighted by Crippen LogP contribution is 2.24. The molecule has 0 aliphatic heterocycles. The molecule has 7 heteroatoms. The van der Waals surface area contributed by atoms with E-state index >= 15 is 0 Å². The molecule has 24 heavy (non-hydrogen) atoms. The van der Waals surface area contributed by atoms with Crippen LogP contribution in [0.25, 0.3) is 11.1 Å². The van der Waals surface area contributed by atoms with Crippen molar-refractivity contribution in [2.75, 3.05) is 30.9 Å². The van der Waals surface area contributed by atoms with E-state index in [1.807, 2.05) is 14.1 Å². The van der Waals surface area contributed by atoms with Gasteiger partial charge in [-0.2, -0.15) is 4.98 Å². The van der Waals surface area contributed by atoms with Gasteiger partial charge >= 0.3 is 6.03 Å². The van der Waals surface area contributed by atoms with E-state index in [-0.39, 0.29) is 12.1 Å². The summed E-state index contributed by atoms with van der Waals surface area (Å²) in [6.45, 7) is 0.583. The Balaban J connectivity index is 1.56. The summed E-state index contributed by atoms with van der Waals surface area (Å²) < 4.78 is 5.59. The van der Waals surface area contributed by atoms with Crippen LogP contribution < -0.4 is 15.5 Å². The Bertz CT molecular complexity index is 713. The second-order valence-electron chi connectivity index (χ2n) is 6.59. The van der Waals surface area contributed by atoms with Crippen LogP contribution in [0.15, 0.2) is 22.6 Å². The summed E-state index contributed by atoms with van der Waals surface area (Å²) >= 11 is 0. The van der Waals surface area contributed by atoms with Gasteiger partial charge in [0.05, 0.1) is 6.10 Å². The minimum absolute atomic E-state index is 0.228. The first-order valence-electron chi connectivity index (χ1n) is 8.32. The van der Waals surface area contributed by atoms with Crippen molar-refractivity contribution >= 4 is 28.8 Å². The van der Waals surface area contributed by atoms with E-state index in [2.05, 4.69) is 15.6 Å². The molecule has 1 heterocycles. The largest absolute Gasteiger partial charge is 0.423 e. The summed E-state index contributed by atoms with van der Waals surface area (Å²) in [5.41, 5.74) is 2.05. The second-order valence-corrected chi connectivity index (χ2v) is 6.59. The molecule has 2 atom stereocenters. The molecule has 0 spiro atoms. The van der Waals surface area contributed by atoms with E-state index < -0.39 is 0 Å². The van der Waals surface area contributed by atoms with Crippen LogP contribution in [-0.4, -0.2) is 42.9 Å². The van der Waals surface area contributed by atoms with E-state index in [0.717, 1.165) is 25.7 Å². The normalized spacial score (nSPS) is 20.8. The fourth-order valence-corrected chi connectivity index (χ4v) is 3.04. The second kappa shape index (κ2) is 7.09. The third kappa shape index (κ3) is 3.97. The maximum absolute atomic E-state index is 12.0. The number of amides is 2. The van der Waals surface area contributed by atoms with Crippen molar-refractivity contribution < 1.29 is 14.3 Å². The van der Waals surface area contributed by atoms with Crippen molar-refractivity contribution in [1.29, 1.82) is 0 Å². The molecule has 1 fully saturated rings. The van der Waals surface area contributed by atoms with Crippen molar-refractivity contribution in [2.24, 2.45) is 5.92 Å². The molecule has 1 saturated carbocycles. The molecule has 130 valence electrons. The van der Waals surface area contributed by atoms with Crippen molar-refractivity contribution in [3.8, 4) is 0 Å². The molecule has 2 aromatic rings. The summed E-state index contributed by atoms with van der Waals surface area (Å²) in [4.78, 5) is 18.2. The number of carbonyl (C=O) groups is 1. The lowest BCUT2D eigenvalue weighted by Crippen LogP contribution is -2.35. The lowest BCUT2D eigenvalue weighted by molar-refractivity contribution is 0.101. The predicted octanol–water partition coefficient (Wildman–Crippen LogP) is 2.57. The third-order valence-corrected chi connectivity index (χ3v) is 4.32. The minimum atomic E-state index is -0.245. The number of aliphatic hydroxyl groups excluding tert-OH is 1. The van der Waals surface area contributed by atoms with Crippen LogP contribution >= 0.6 is 0 Å². The summed E-state index contributed by atoms with van der Waals surface area (Å²) in [5, 5.41) is 15.4. The zero-order valence-electron chi connectivity index (χ0n) is 14.1. The first-order valence-corrected chi connectivity index (χ1v) is 8.32. The quantitative estimate of drug-likeness (QED) is 0.800. The van der Waals surface area contributed by atoms with Gasteiger partial charge in [0.15, 0.2) is 5.58 Å². The lowest BCUT2D eigenvalue weighted by atomic mass is 9.87. The average molecular weight is 332 g/mol. The number of nitrogens with zero attached hydrogens (tertiary/aromatic N) is 2. The van der Waals surface area contributed by atoms with Gasteiger partial charge in [-0.05, 0) is 43.4 Å². The number of rotatable bonds is 4. The SMILES string of the molecule is CN(C)c1nc2cc(NC(=O)NCC3CCCC(O)C3)ccc2o1. The molecule has 1 aromatic heterocycles. The van der Waals surface area contributed by atoms with Crippen LogP contribution in [0, 0.1) is 5.92 Å². The first kappa shape index (κ1) is 16.6. The molecule has 3 rings (SSSR count). The zero-order valence-corrected chi connectivity index (χ0v) is 14.1. The number of benzene rings is 1.